The maximum Gasteiger partial charge on any atom is 0.335 e. The van der Waals surface area contributed by atoms with Crippen molar-refractivity contribution in [3.63, 3.8) is 0 Å². The van der Waals surface area contributed by atoms with Gasteiger partial charge >= 0.3 is 5.97 Å². The fourth-order valence-corrected chi connectivity index (χ4v) is 2.82. The van der Waals surface area contributed by atoms with Gasteiger partial charge in [-0.25, -0.2) is 17.9 Å². The minimum atomic E-state index is -3.94. The van der Waals surface area contributed by atoms with Crippen LogP contribution in [0.1, 0.15) is 15.9 Å². The smallest absolute Gasteiger partial charge is 0.335 e. The molecule has 0 aromatic heterocycles. The number of aliphatic hydroxyl groups excluding tert-OH is 2. The summed E-state index contributed by atoms with van der Waals surface area (Å²) in [6.45, 7) is 0.465. The van der Waals surface area contributed by atoms with Gasteiger partial charge in [0.25, 0.3) is 0 Å². The van der Waals surface area contributed by atoms with Crippen LogP contribution in [0.4, 0.5) is 0 Å². The number of aliphatic hydroxyl groups is 2. The molecule has 0 radical (unpaired) electrons. The highest BCUT2D eigenvalue weighted by molar-refractivity contribution is 7.89. The van der Waals surface area contributed by atoms with Crippen LogP contribution in [0.25, 0.3) is 0 Å². The van der Waals surface area contributed by atoms with Gasteiger partial charge in [0.05, 0.1) is 23.2 Å². The molecule has 0 saturated heterocycles. The lowest BCUT2D eigenvalue weighted by atomic mass is 10.1. The predicted octanol–water partition coefficient (Wildman–Crippen LogP) is -0.675. The Morgan fingerprint density at radius 2 is 2.05 bits per heavy atom. The number of carboxylic acid groups (broad SMARTS) is 1. The monoisotopic (exact) mass is 289 g/mol. The molecule has 1 atom stereocenters. The number of carbonyl (C=O) groups is 1. The zero-order valence-corrected chi connectivity index (χ0v) is 11.0. The summed E-state index contributed by atoms with van der Waals surface area (Å²) in [5.41, 5.74) is 0.00608. The molecule has 0 aliphatic rings. The molecule has 7 nitrogen and oxygen atoms in total. The summed E-state index contributed by atoms with van der Waals surface area (Å²) in [5, 5.41) is 26.6. The molecule has 0 aliphatic carbocycles. The minimum Gasteiger partial charge on any atom is -0.478 e. The van der Waals surface area contributed by atoms with Gasteiger partial charge in [0.1, 0.15) is 0 Å². The summed E-state index contributed by atoms with van der Waals surface area (Å²) in [6, 6.07) is 3.90. The van der Waals surface area contributed by atoms with E-state index in [4.69, 9.17) is 15.3 Å². The summed E-state index contributed by atoms with van der Waals surface area (Å²) in [6.07, 6.45) is -1.21. The lowest BCUT2D eigenvalue weighted by Gasteiger charge is -2.12. The van der Waals surface area contributed by atoms with Crippen molar-refractivity contribution in [1.29, 1.82) is 0 Å². The van der Waals surface area contributed by atoms with Crippen molar-refractivity contribution >= 4 is 16.0 Å². The molecule has 0 fully saturated rings. The molecule has 4 N–H and O–H groups in total. The van der Waals surface area contributed by atoms with Crippen LogP contribution in [-0.2, 0) is 10.0 Å². The van der Waals surface area contributed by atoms with Crippen molar-refractivity contribution in [3.8, 4) is 0 Å². The zero-order chi connectivity index (χ0) is 14.6. The summed E-state index contributed by atoms with van der Waals surface area (Å²) < 4.78 is 26.0. The number of sulfonamides is 1. The Morgan fingerprint density at radius 1 is 1.42 bits per heavy atom. The van der Waals surface area contributed by atoms with Gasteiger partial charge in [0, 0.05) is 6.54 Å². The highest BCUT2D eigenvalue weighted by atomic mass is 32.2. The number of nitrogens with one attached hydrogen (secondary N) is 1. The fraction of sp³-hybridized carbons (Fsp3) is 0.364. The molecule has 19 heavy (non-hydrogen) atoms. The van der Waals surface area contributed by atoms with E-state index in [9.17, 15) is 13.2 Å². The van der Waals surface area contributed by atoms with E-state index in [1.54, 1.807) is 0 Å². The lowest BCUT2D eigenvalue weighted by Crippen LogP contribution is -2.34. The number of rotatable bonds is 6. The maximum atomic E-state index is 12.0. The van der Waals surface area contributed by atoms with Gasteiger partial charge in [0.2, 0.25) is 10.0 Å². The molecule has 0 aliphatic heterocycles. The van der Waals surface area contributed by atoms with Crippen molar-refractivity contribution in [2.45, 2.75) is 17.9 Å². The molecule has 0 heterocycles. The molecule has 0 amide bonds. The molecule has 8 heteroatoms. The Morgan fingerprint density at radius 3 is 2.58 bits per heavy atom. The number of hydrogen-bond acceptors (Lipinski definition) is 5. The molecule has 0 bridgehead atoms. The van der Waals surface area contributed by atoms with Crippen molar-refractivity contribution in [3.05, 3.63) is 29.3 Å². The Balaban J connectivity index is 3.09. The van der Waals surface area contributed by atoms with E-state index in [1.807, 2.05) is 0 Å². The van der Waals surface area contributed by atoms with Gasteiger partial charge in [-0.1, -0.05) is 6.07 Å². The van der Waals surface area contributed by atoms with Crippen LogP contribution in [0.15, 0.2) is 23.1 Å². The Kier molecular flexibility index (Phi) is 5.01. The summed E-state index contributed by atoms with van der Waals surface area (Å²) in [5.74, 6) is -1.22. The summed E-state index contributed by atoms with van der Waals surface area (Å²) in [4.78, 5) is 10.8. The largest absolute Gasteiger partial charge is 0.478 e. The second kappa shape index (κ2) is 6.11. The molecule has 1 unspecified atom stereocenters. The molecule has 0 saturated carbocycles. The second-order valence-electron chi connectivity index (χ2n) is 3.92. The van der Waals surface area contributed by atoms with Crippen LogP contribution in [0.2, 0.25) is 0 Å². The normalized spacial score (nSPS) is 13.2. The molecule has 1 rings (SSSR count). The molecule has 1 aromatic rings. The average Bonchev–Trinajstić information content (AvgIpc) is 2.35. The van der Waals surface area contributed by atoms with Crippen molar-refractivity contribution in [1.82, 2.24) is 4.72 Å². The van der Waals surface area contributed by atoms with Gasteiger partial charge in [0.15, 0.2) is 0 Å². The van der Waals surface area contributed by atoms with Crippen LogP contribution in [0.5, 0.6) is 0 Å². The molecule has 1 aromatic carbocycles. The molecular weight excluding hydrogens is 274 g/mol. The van der Waals surface area contributed by atoms with E-state index in [1.165, 1.54) is 25.1 Å². The van der Waals surface area contributed by atoms with E-state index < -0.39 is 28.7 Å². The van der Waals surface area contributed by atoms with E-state index in [0.29, 0.717) is 0 Å². The summed E-state index contributed by atoms with van der Waals surface area (Å²) in [7, 11) is -3.94. The van der Waals surface area contributed by atoms with Crippen LogP contribution in [-0.4, -0.2) is 49.0 Å². The van der Waals surface area contributed by atoms with Crippen LogP contribution in [0.3, 0.4) is 0 Å². The van der Waals surface area contributed by atoms with E-state index in [-0.39, 0.29) is 22.6 Å². The van der Waals surface area contributed by atoms with E-state index in [2.05, 4.69) is 4.72 Å². The minimum absolute atomic E-state index is 0.106. The quantitative estimate of drug-likeness (QED) is 0.550. The molecule has 0 spiro atoms. The van der Waals surface area contributed by atoms with Crippen molar-refractivity contribution in [2.24, 2.45) is 0 Å². The fourth-order valence-electron chi connectivity index (χ4n) is 1.49. The predicted molar refractivity (Wildman–Crippen MR) is 66.4 cm³/mol. The average molecular weight is 289 g/mol. The number of benzene rings is 1. The first-order valence-electron chi connectivity index (χ1n) is 5.41. The van der Waals surface area contributed by atoms with Gasteiger partial charge in [-0.15, -0.1) is 0 Å². The van der Waals surface area contributed by atoms with Crippen molar-refractivity contribution < 1.29 is 28.5 Å². The zero-order valence-electron chi connectivity index (χ0n) is 10.2. The standard InChI is InChI=1S/C11H15NO6S/c1-7-9(11(15)16)3-2-4-10(7)19(17,18)12-5-8(14)6-13/h2-4,8,12-14H,5-6H2,1H3,(H,15,16). The van der Waals surface area contributed by atoms with Crippen LogP contribution >= 0.6 is 0 Å². The first kappa shape index (κ1) is 15.6. The molecular formula is C11H15NO6S. The SMILES string of the molecule is Cc1c(C(=O)O)cccc1S(=O)(=O)NCC(O)CO. The first-order valence-corrected chi connectivity index (χ1v) is 6.89. The van der Waals surface area contributed by atoms with E-state index in [0.717, 1.165) is 0 Å². The number of carboxylic acids is 1. The third-order valence-electron chi connectivity index (χ3n) is 2.52. The highest BCUT2D eigenvalue weighted by Crippen LogP contribution is 2.18. The van der Waals surface area contributed by atoms with Gasteiger partial charge in [-0.2, -0.15) is 0 Å². The third kappa shape index (κ3) is 3.74. The second-order valence-corrected chi connectivity index (χ2v) is 5.66. The number of hydrogen-bond donors (Lipinski definition) is 4. The summed E-state index contributed by atoms with van der Waals surface area (Å²) >= 11 is 0. The van der Waals surface area contributed by atoms with Crippen LogP contribution in [0, 0.1) is 6.92 Å². The van der Waals surface area contributed by atoms with Crippen LogP contribution < -0.4 is 4.72 Å². The van der Waals surface area contributed by atoms with Gasteiger partial charge in [-0.05, 0) is 24.6 Å². The highest BCUT2D eigenvalue weighted by Gasteiger charge is 2.21. The van der Waals surface area contributed by atoms with Gasteiger partial charge < -0.3 is 15.3 Å². The Bertz CT molecular complexity index is 569. The Hall–Kier alpha value is -1.48. The molecule has 106 valence electrons. The topological polar surface area (TPSA) is 124 Å². The van der Waals surface area contributed by atoms with Gasteiger partial charge in [-0.3, -0.25) is 0 Å². The first-order chi connectivity index (χ1) is 8.79. The maximum absolute atomic E-state index is 12.0. The number of aromatic carboxylic acids is 1. The lowest BCUT2D eigenvalue weighted by molar-refractivity contribution is 0.0695. The van der Waals surface area contributed by atoms with E-state index >= 15 is 0 Å². The van der Waals surface area contributed by atoms with Crippen molar-refractivity contribution in [2.75, 3.05) is 13.2 Å². The Labute approximate surface area is 110 Å². The third-order valence-corrected chi connectivity index (χ3v) is 4.09.